The predicted octanol–water partition coefficient (Wildman–Crippen LogP) is 2.82. The van der Waals surface area contributed by atoms with Gasteiger partial charge in [0, 0.05) is 18.0 Å². The van der Waals surface area contributed by atoms with Crippen LogP contribution in [0.4, 0.5) is 0 Å². The van der Waals surface area contributed by atoms with Gasteiger partial charge in [0.25, 0.3) is 0 Å². The molecule has 1 atom stereocenters. The monoisotopic (exact) mass is 255 g/mol. The smallest absolute Gasteiger partial charge is 0.144 e. The lowest BCUT2D eigenvalue weighted by atomic mass is 9.91. The summed E-state index contributed by atoms with van der Waals surface area (Å²) in [5, 5.41) is 3.97. The molecule has 1 aromatic rings. The summed E-state index contributed by atoms with van der Waals surface area (Å²) in [5.41, 5.74) is 1.17. The topological polar surface area (TPSA) is 30.5 Å². The van der Waals surface area contributed by atoms with Crippen LogP contribution in [0.1, 0.15) is 24.3 Å². The molecule has 1 aromatic carbocycles. The first kappa shape index (κ1) is 12.5. The van der Waals surface area contributed by atoms with Crippen LogP contribution in [0.2, 0.25) is 5.02 Å². The number of methoxy groups -OCH3 is 2. The molecule has 1 aliphatic rings. The lowest BCUT2D eigenvalue weighted by Crippen LogP contribution is -2.28. The van der Waals surface area contributed by atoms with Crippen molar-refractivity contribution >= 4 is 11.6 Å². The number of rotatable bonds is 3. The molecule has 17 heavy (non-hydrogen) atoms. The molecule has 94 valence electrons. The second kappa shape index (κ2) is 5.61. The van der Waals surface area contributed by atoms with Gasteiger partial charge >= 0.3 is 0 Å². The van der Waals surface area contributed by atoms with Crippen molar-refractivity contribution in [1.29, 1.82) is 0 Å². The first-order chi connectivity index (χ1) is 8.27. The van der Waals surface area contributed by atoms with E-state index in [1.807, 2.05) is 6.07 Å². The van der Waals surface area contributed by atoms with Crippen LogP contribution >= 0.6 is 11.6 Å². The number of hydrogen-bond donors (Lipinski definition) is 1. The fourth-order valence-corrected chi connectivity index (χ4v) is 2.68. The molecule has 0 spiro atoms. The van der Waals surface area contributed by atoms with Gasteiger partial charge in [0.15, 0.2) is 0 Å². The Morgan fingerprint density at radius 2 is 2.12 bits per heavy atom. The molecule has 1 unspecified atom stereocenters. The number of halogens is 1. The Balaban J connectivity index is 2.35. The van der Waals surface area contributed by atoms with Crippen molar-refractivity contribution in [1.82, 2.24) is 5.32 Å². The molecule has 0 radical (unpaired) electrons. The van der Waals surface area contributed by atoms with E-state index in [0.717, 1.165) is 18.8 Å². The van der Waals surface area contributed by atoms with Gasteiger partial charge in [0.2, 0.25) is 0 Å². The maximum atomic E-state index is 6.26. The molecule has 1 N–H and O–H groups in total. The maximum Gasteiger partial charge on any atom is 0.144 e. The van der Waals surface area contributed by atoms with Gasteiger partial charge in [0.1, 0.15) is 16.5 Å². The minimum Gasteiger partial charge on any atom is -0.495 e. The molecule has 3 nitrogen and oxygen atoms in total. The van der Waals surface area contributed by atoms with Gasteiger partial charge < -0.3 is 14.8 Å². The van der Waals surface area contributed by atoms with E-state index in [2.05, 4.69) is 11.4 Å². The minimum absolute atomic E-state index is 0.474. The first-order valence-electron chi connectivity index (χ1n) is 5.89. The van der Waals surface area contributed by atoms with Gasteiger partial charge in [-0.2, -0.15) is 0 Å². The maximum absolute atomic E-state index is 6.26. The highest BCUT2D eigenvalue weighted by atomic mass is 35.5. The Morgan fingerprint density at radius 1 is 1.29 bits per heavy atom. The van der Waals surface area contributed by atoms with Crippen molar-refractivity contribution in [3.63, 3.8) is 0 Å². The van der Waals surface area contributed by atoms with E-state index in [1.165, 1.54) is 18.4 Å². The fraction of sp³-hybridized carbons (Fsp3) is 0.538. The summed E-state index contributed by atoms with van der Waals surface area (Å²) in [6.07, 6.45) is 2.36. The molecule has 1 saturated heterocycles. The summed E-state index contributed by atoms with van der Waals surface area (Å²) in [6, 6.07) is 3.97. The van der Waals surface area contributed by atoms with Crippen LogP contribution in [0.5, 0.6) is 11.5 Å². The minimum atomic E-state index is 0.474. The SMILES string of the molecule is COc1ccc(C2CCCNC2)c(OC)c1Cl. The molecule has 2 rings (SSSR count). The molecule has 0 bridgehead atoms. The van der Waals surface area contributed by atoms with E-state index in [1.54, 1.807) is 14.2 Å². The third-order valence-electron chi connectivity index (χ3n) is 3.25. The van der Waals surface area contributed by atoms with Gasteiger partial charge in [-0.05, 0) is 25.5 Å². The van der Waals surface area contributed by atoms with Crippen molar-refractivity contribution in [3.05, 3.63) is 22.7 Å². The van der Waals surface area contributed by atoms with Crippen molar-refractivity contribution in [2.45, 2.75) is 18.8 Å². The summed E-state index contributed by atoms with van der Waals surface area (Å²) in [5.74, 6) is 1.89. The molecule has 1 heterocycles. The zero-order valence-corrected chi connectivity index (χ0v) is 11.0. The van der Waals surface area contributed by atoms with Gasteiger partial charge in [-0.3, -0.25) is 0 Å². The van der Waals surface area contributed by atoms with Crippen molar-refractivity contribution in [2.24, 2.45) is 0 Å². The van der Waals surface area contributed by atoms with Gasteiger partial charge in [0.05, 0.1) is 14.2 Å². The third-order valence-corrected chi connectivity index (χ3v) is 3.61. The average Bonchev–Trinajstić information content (AvgIpc) is 2.39. The van der Waals surface area contributed by atoms with E-state index in [4.69, 9.17) is 21.1 Å². The Morgan fingerprint density at radius 3 is 2.71 bits per heavy atom. The van der Waals surface area contributed by atoms with Crippen molar-refractivity contribution < 1.29 is 9.47 Å². The summed E-state index contributed by atoms with van der Waals surface area (Å²) in [7, 11) is 3.27. The van der Waals surface area contributed by atoms with Crippen LogP contribution in [0.15, 0.2) is 12.1 Å². The quantitative estimate of drug-likeness (QED) is 0.901. The Bertz CT molecular complexity index is 389. The van der Waals surface area contributed by atoms with Crippen LogP contribution in [-0.2, 0) is 0 Å². The Kier molecular flexibility index (Phi) is 4.13. The molecule has 0 amide bonds. The highest BCUT2D eigenvalue weighted by molar-refractivity contribution is 6.33. The molecule has 0 aliphatic carbocycles. The summed E-state index contributed by atoms with van der Waals surface area (Å²) >= 11 is 6.26. The zero-order valence-electron chi connectivity index (χ0n) is 10.3. The van der Waals surface area contributed by atoms with Crippen LogP contribution in [0.3, 0.4) is 0 Å². The zero-order chi connectivity index (χ0) is 12.3. The molecule has 0 aromatic heterocycles. The largest absolute Gasteiger partial charge is 0.495 e. The fourth-order valence-electron chi connectivity index (χ4n) is 2.36. The Labute approximate surface area is 107 Å². The van der Waals surface area contributed by atoms with Gasteiger partial charge in [-0.15, -0.1) is 0 Å². The molecular formula is C13H18ClNO2. The second-order valence-corrected chi connectivity index (χ2v) is 4.63. The van der Waals surface area contributed by atoms with E-state index >= 15 is 0 Å². The standard InChI is InChI=1S/C13H18ClNO2/c1-16-11-6-5-10(13(17-2)12(11)14)9-4-3-7-15-8-9/h5-6,9,15H,3-4,7-8H2,1-2H3. The second-order valence-electron chi connectivity index (χ2n) is 4.25. The molecular weight excluding hydrogens is 238 g/mol. The molecule has 4 heteroatoms. The van der Waals surface area contributed by atoms with Gasteiger partial charge in [-0.25, -0.2) is 0 Å². The molecule has 0 saturated carbocycles. The predicted molar refractivity (Wildman–Crippen MR) is 69.4 cm³/mol. The van der Waals surface area contributed by atoms with E-state index in [0.29, 0.717) is 16.7 Å². The normalized spacial score (nSPS) is 20.1. The van der Waals surface area contributed by atoms with Crippen molar-refractivity contribution in [2.75, 3.05) is 27.3 Å². The van der Waals surface area contributed by atoms with Crippen LogP contribution in [0.25, 0.3) is 0 Å². The summed E-state index contributed by atoms with van der Waals surface area (Å²) < 4.78 is 10.6. The summed E-state index contributed by atoms with van der Waals surface area (Å²) in [6.45, 7) is 2.09. The number of benzene rings is 1. The van der Waals surface area contributed by atoms with E-state index < -0.39 is 0 Å². The number of nitrogens with one attached hydrogen (secondary N) is 1. The van der Waals surface area contributed by atoms with Crippen molar-refractivity contribution in [3.8, 4) is 11.5 Å². The van der Waals surface area contributed by atoms with Crippen LogP contribution in [0, 0.1) is 0 Å². The number of ether oxygens (including phenoxy) is 2. The highest BCUT2D eigenvalue weighted by Crippen LogP contribution is 2.41. The molecule has 1 aliphatic heterocycles. The molecule has 1 fully saturated rings. The summed E-state index contributed by atoms with van der Waals surface area (Å²) in [4.78, 5) is 0. The number of hydrogen-bond acceptors (Lipinski definition) is 3. The lowest BCUT2D eigenvalue weighted by Gasteiger charge is -2.25. The average molecular weight is 256 g/mol. The third kappa shape index (κ3) is 2.50. The Hall–Kier alpha value is -0.930. The first-order valence-corrected chi connectivity index (χ1v) is 6.26. The van der Waals surface area contributed by atoms with E-state index in [-0.39, 0.29) is 0 Å². The highest BCUT2D eigenvalue weighted by Gasteiger charge is 2.22. The van der Waals surface area contributed by atoms with E-state index in [9.17, 15) is 0 Å². The van der Waals surface area contributed by atoms with Crippen LogP contribution in [-0.4, -0.2) is 27.3 Å². The number of piperidine rings is 1. The van der Waals surface area contributed by atoms with Gasteiger partial charge in [-0.1, -0.05) is 17.7 Å². The van der Waals surface area contributed by atoms with Crippen LogP contribution < -0.4 is 14.8 Å². The lowest BCUT2D eigenvalue weighted by molar-refractivity contribution is 0.380.